The number of nitrogens with one attached hydrogen (secondary N) is 1. The fourth-order valence-electron chi connectivity index (χ4n) is 2.23. The highest BCUT2D eigenvalue weighted by Crippen LogP contribution is 2.36. The summed E-state index contributed by atoms with van der Waals surface area (Å²) < 4.78 is 23.0. The molecule has 0 radical (unpaired) electrons. The first-order valence-electron chi connectivity index (χ1n) is 6.73. The zero-order chi connectivity index (χ0) is 15.8. The summed E-state index contributed by atoms with van der Waals surface area (Å²) in [6, 6.07) is 2.72. The van der Waals surface area contributed by atoms with Gasteiger partial charge >= 0.3 is 0 Å². The van der Waals surface area contributed by atoms with Crippen LogP contribution in [-0.4, -0.2) is 20.9 Å². The normalized spacial score (nSPS) is 16.6. The largest absolute Gasteiger partial charge is 0.352 e. The van der Waals surface area contributed by atoms with E-state index in [2.05, 4.69) is 12.2 Å². The quantitative estimate of drug-likeness (QED) is 0.829. The molecule has 1 atom stereocenters. The van der Waals surface area contributed by atoms with E-state index in [-0.39, 0.29) is 21.4 Å². The number of hydrogen-bond donors (Lipinski definition) is 1. The lowest BCUT2D eigenvalue weighted by Crippen LogP contribution is -2.29. The Morgan fingerprint density at radius 3 is 2.57 bits per heavy atom. The van der Waals surface area contributed by atoms with Gasteiger partial charge in [-0.3, -0.25) is 4.79 Å². The van der Waals surface area contributed by atoms with Crippen molar-refractivity contribution in [2.75, 3.05) is 6.54 Å². The first kappa shape index (κ1) is 16.6. The minimum absolute atomic E-state index is 0.128. The highest BCUT2D eigenvalue weighted by atomic mass is 35.7. The van der Waals surface area contributed by atoms with Crippen LogP contribution in [0.25, 0.3) is 0 Å². The molecule has 1 fully saturated rings. The summed E-state index contributed by atoms with van der Waals surface area (Å²) in [5, 5.41) is 3.02. The molecule has 1 aliphatic rings. The number of halogens is 2. The second-order valence-electron chi connectivity index (χ2n) is 5.54. The van der Waals surface area contributed by atoms with Crippen LogP contribution in [0.5, 0.6) is 0 Å². The Kier molecular flexibility index (Phi) is 4.85. The Morgan fingerprint density at radius 2 is 2.05 bits per heavy atom. The van der Waals surface area contributed by atoms with Gasteiger partial charge < -0.3 is 5.32 Å². The summed E-state index contributed by atoms with van der Waals surface area (Å²) in [4.78, 5) is 12.0. The Hall–Kier alpha value is -0.780. The van der Waals surface area contributed by atoms with Gasteiger partial charge in [-0.05, 0) is 49.3 Å². The van der Waals surface area contributed by atoms with Gasteiger partial charge in [-0.2, -0.15) is 0 Å². The topological polar surface area (TPSA) is 63.2 Å². The summed E-state index contributed by atoms with van der Waals surface area (Å²) in [5.41, 5.74) is 0.544. The van der Waals surface area contributed by atoms with Gasteiger partial charge in [0.2, 0.25) is 0 Å². The van der Waals surface area contributed by atoms with Gasteiger partial charge in [-0.25, -0.2) is 8.42 Å². The molecular weight excluding hydrogens is 333 g/mol. The van der Waals surface area contributed by atoms with Gasteiger partial charge in [0.05, 0.1) is 4.90 Å². The van der Waals surface area contributed by atoms with Crippen LogP contribution in [-0.2, 0) is 9.05 Å². The lowest BCUT2D eigenvalue weighted by atomic mass is 10.1. The molecule has 0 saturated heterocycles. The molecule has 1 aliphatic carbocycles. The molecule has 0 aromatic heterocycles. The van der Waals surface area contributed by atoms with Crippen LogP contribution in [0.4, 0.5) is 0 Å². The predicted octanol–water partition coefficient (Wildman–Crippen LogP) is 3.35. The van der Waals surface area contributed by atoms with E-state index >= 15 is 0 Å². The van der Waals surface area contributed by atoms with Crippen molar-refractivity contribution in [3.05, 3.63) is 28.3 Å². The Morgan fingerprint density at radius 1 is 1.43 bits per heavy atom. The van der Waals surface area contributed by atoms with Crippen molar-refractivity contribution >= 4 is 37.2 Å². The van der Waals surface area contributed by atoms with Gasteiger partial charge in [0.15, 0.2) is 0 Å². The second kappa shape index (κ2) is 6.15. The van der Waals surface area contributed by atoms with Crippen molar-refractivity contribution in [2.45, 2.75) is 31.6 Å². The molecule has 0 bridgehead atoms. The van der Waals surface area contributed by atoms with Gasteiger partial charge in [-0.15, -0.1) is 0 Å². The molecule has 1 saturated carbocycles. The summed E-state index contributed by atoms with van der Waals surface area (Å²) >= 11 is 5.99. The monoisotopic (exact) mass is 349 g/mol. The van der Waals surface area contributed by atoms with Crippen molar-refractivity contribution in [3.63, 3.8) is 0 Å². The van der Waals surface area contributed by atoms with Crippen molar-refractivity contribution in [3.8, 4) is 0 Å². The highest BCUT2D eigenvalue weighted by molar-refractivity contribution is 8.13. The fourth-order valence-corrected chi connectivity index (χ4v) is 3.73. The number of carbonyl (C=O) groups excluding carboxylic acids is 1. The van der Waals surface area contributed by atoms with Gasteiger partial charge in [0.25, 0.3) is 15.0 Å². The molecule has 116 valence electrons. The SMILES string of the molecule is Cc1c(Cl)cc(C(=O)NCC(C)C2CC2)cc1S(=O)(=O)Cl. The first-order valence-corrected chi connectivity index (χ1v) is 9.42. The van der Waals surface area contributed by atoms with Crippen molar-refractivity contribution in [2.24, 2.45) is 11.8 Å². The van der Waals surface area contributed by atoms with Crippen LogP contribution in [0.3, 0.4) is 0 Å². The molecule has 1 aromatic carbocycles. The smallest absolute Gasteiger partial charge is 0.261 e. The minimum Gasteiger partial charge on any atom is -0.352 e. The predicted molar refractivity (Wildman–Crippen MR) is 83.4 cm³/mol. The molecule has 7 heteroatoms. The number of rotatable bonds is 5. The molecule has 1 unspecified atom stereocenters. The highest BCUT2D eigenvalue weighted by Gasteiger charge is 2.28. The average Bonchev–Trinajstić information content (AvgIpc) is 3.21. The number of carbonyl (C=O) groups is 1. The molecule has 1 N–H and O–H groups in total. The third-order valence-electron chi connectivity index (χ3n) is 3.83. The third kappa shape index (κ3) is 4.11. The fraction of sp³-hybridized carbons (Fsp3) is 0.500. The van der Waals surface area contributed by atoms with Gasteiger partial charge in [0.1, 0.15) is 0 Å². The van der Waals surface area contributed by atoms with Crippen LogP contribution >= 0.6 is 22.3 Å². The molecule has 21 heavy (non-hydrogen) atoms. The Balaban J connectivity index is 2.19. The van der Waals surface area contributed by atoms with E-state index in [1.807, 2.05) is 0 Å². The molecule has 1 amide bonds. The summed E-state index contributed by atoms with van der Waals surface area (Å²) in [5.74, 6) is 0.766. The minimum atomic E-state index is -3.94. The average molecular weight is 350 g/mol. The van der Waals surface area contributed by atoms with Crippen LogP contribution < -0.4 is 5.32 Å². The van der Waals surface area contributed by atoms with Crippen molar-refractivity contribution < 1.29 is 13.2 Å². The molecule has 4 nitrogen and oxygen atoms in total. The lowest BCUT2D eigenvalue weighted by Gasteiger charge is -2.13. The van der Waals surface area contributed by atoms with Crippen molar-refractivity contribution in [1.82, 2.24) is 5.32 Å². The Bertz CT molecular complexity index is 669. The van der Waals surface area contributed by atoms with E-state index in [0.717, 1.165) is 0 Å². The molecule has 0 spiro atoms. The summed E-state index contributed by atoms with van der Waals surface area (Å²) in [6.07, 6.45) is 2.42. The third-order valence-corrected chi connectivity index (χ3v) is 5.67. The van der Waals surface area contributed by atoms with Gasteiger partial charge in [0, 0.05) is 27.8 Å². The number of amides is 1. The lowest BCUT2D eigenvalue weighted by molar-refractivity contribution is 0.0946. The van der Waals surface area contributed by atoms with Crippen LogP contribution in [0, 0.1) is 18.8 Å². The second-order valence-corrected chi connectivity index (χ2v) is 8.49. The van der Waals surface area contributed by atoms with E-state index in [1.54, 1.807) is 6.92 Å². The maximum atomic E-state index is 12.1. The van der Waals surface area contributed by atoms with Crippen LogP contribution in [0.2, 0.25) is 5.02 Å². The molecule has 0 aliphatic heterocycles. The molecule has 1 aromatic rings. The maximum absolute atomic E-state index is 12.1. The van der Waals surface area contributed by atoms with E-state index in [1.165, 1.54) is 25.0 Å². The van der Waals surface area contributed by atoms with E-state index in [0.29, 0.717) is 23.9 Å². The number of hydrogen-bond acceptors (Lipinski definition) is 3. The van der Waals surface area contributed by atoms with E-state index in [9.17, 15) is 13.2 Å². The molecule has 2 rings (SSSR count). The maximum Gasteiger partial charge on any atom is 0.261 e. The molecule has 0 heterocycles. The van der Waals surface area contributed by atoms with Gasteiger partial charge in [-0.1, -0.05) is 18.5 Å². The first-order chi connectivity index (χ1) is 9.70. The Labute approximate surface area is 134 Å². The van der Waals surface area contributed by atoms with Crippen molar-refractivity contribution in [1.29, 1.82) is 0 Å². The standard InChI is InChI=1S/C14H17Cl2NO3S/c1-8(10-3-4-10)7-17-14(18)11-5-12(15)9(2)13(6-11)21(16,19)20/h5-6,8,10H,3-4,7H2,1-2H3,(H,17,18). The summed E-state index contributed by atoms with van der Waals surface area (Å²) in [7, 11) is 1.43. The van der Waals surface area contributed by atoms with E-state index < -0.39 is 9.05 Å². The zero-order valence-corrected chi connectivity index (χ0v) is 14.1. The number of benzene rings is 1. The van der Waals surface area contributed by atoms with Crippen LogP contribution in [0.1, 0.15) is 35.7 Å². The van der Waals surface area contributed by atoms with E-state index in [4.69, 9.17) is 22.3 Å². The summed E-state index contributed by atoms with van der Waals surface area (Å²) in [6.45, 7) is 4.21. The van der Waals surface area contributed by atoms with Crippen LogP contribution in [0.15, 0.2) is 17.0 Å². The zero-order valence-electron chi connectivity index (χ0n) is 11.8. The molecular formula is C14H17Cl2NO3S.